The van der Waals surface area contributed by atoms with Gasteiger partial charge in [-0.1, -0.05) is 18.2 Å². The molecule has 0 unspecified atom stereocenters. The summed E-state index contributed by atoms with van der Waals surface area (Å²) in [5, 5.41) is 0. The second kappa shape index (κ2) is 6.31. The number of nitrogens with two attached hydrogens (primary N) is 1. The van der Waals surface area contributed by atoms with E-state index in [1.807, 2.05) is 18.2 Å². The Bertz CT molecular complexity index is 653. The molecule has 0 fully saturated rings. The van der Waals surface area contributed by atoms with Crippen LogP contribution in [0.1, 0.15) is 22.8 Å². The van der Waals surface area contributed by atoms with E-state index in [9.17, 15) is 4.79 Å². The van der Waals surface area contributed by atoms with Gasteiger partial charge in [-0.25, -0.2) is 4.79 Å². The molecule has 0 aliphatic heterocycles. The van der Waals surface area contributed by atoms with E-state index in [0.717, 1.165) is 17.9 Å². The van der Waals surface area contributed by atoms with E-state index in [0.29, 0.717) is 11.3 Å². The molecule has 0 saturated carbocycles. The highest BCUT2D eigenvalue weighted by atomic mass is 16.5. The quantitative estimate of drug-likeness (QED) is 0.689. The van der Waals surface area contributed by atoms with E-state index in [-0.39, 0.29) is 5.97 Å². The lowest BCUT2D eigenvalue weighted by Gasteiger charge is -2.26. The minimum absolute atomic E-state index is 0.382. The van der Waals surface area contributed by atoms with Crippen LogP contribution in [0, 0.1) is 6.92 Å². The van der Waals surface area contributed by atoms with Crippen molar-refractivity contribution in [2.24, 2.45) is 0 Å². The van der Waals surface area contributed by atoms with E-state index in [2.05, 4.69) is 30.9 Å². The summed E-state index contributed by atoms with van der Waals surface area (Å²) >= 11 is 0. The molecular weight excluding hydrogens is 264 g/mol. The molecule has 0 aromatic heterocycles. The van der Waals surface area contributed by atoms with Gasteiger partial charge in [-0.15, -0.1) is 0 Å². The summed E-state index contributed by atoms with van der Waals surface area (Å²) in [6.07, 6.45) is 0. The molecule has 2 aromatic carbocycles. The predicted octanol–water partition coefficient (Wildman–Crippen LogP) is 3.52. The number of methoxy groups -OCH3 is 1. The van der Waals surface area contributed by atoms with Gasteiger partial charge in [0.2, 0.25) is 0 Å². The van der Waals surface area contributed by atoms with Gasteiger partial charge >= 0.3 is 5.97 Å². The van der Waals surface area contributed by atoms with Crippen LogP contribution in [-0.2, 0) is 4.74 Å². The van der Waals surface area contributed by atoms with Crippen LogP contribution in [0.15, 0.2) is 42.5 Å². The lowest BCUT2D eigenvalue weighted by Crippen LogP contribution is -2.18. The molecule has 110 valence electrons. The van der Waals surface area contributed by atoms with Crippen LogP contribution in [0.5, 0.6) is 0 Å². The number of nitrogens with zero attached hydrogens (tertiary/aromatic N) is 1. The van der Waals surface area contributed by atoms with Crippen LogP contribution in [0.25, 0.3) is 0 Å². The van der Waals surface area contributed by atoms with Crippen molar-refractivity contribution in [3.05, 3.63) is 53.6 Å². The summed E-state index contributed by atoms with van der Waals surface area (Å²) in [6.45, 7) is 4.92. The fourth-order valence-electron chi connectivity index (χ4n) is 2.38. The SMILES string of the molecule is CCN(c1ccccc1C)c1ccc(C(=O)OC)cc1N. The zero-order valence-corrected chi connectivity index (χ0v) is 12.6. The standard InChI is InChI=1S/C17H20N2O2/c1-4-19(15-8-6-5-7-12(15)2)16-10-9-13(11-14(16)18)17(20)21-3/h5-11H,4,18H2,1-3H3. The first-order valence-electron chi connectivity index (χ1n) is 6.89. The number of nitrogen functional groups attached to an aromatic ring is 1. The summed E-state index contributed by atoms with van der Waals surface area (Å²) in [5.41, 5.74) is 10.3. The molecule has 0 saturated heterocycles. The number of benzene rings is 2. The van der Waals surface area contributed by atoms with Gasteiger partial charge in [-0.3, -0.25) is 0 Å². The highest BCUT2D eigenvalue weighted by Crippen LogP contribution is 2.32. The number of esters is 1. The maximum absolute atomic E-state index is 11.5. The van der Waals surface area contributed by atoms with E-state index in [4.69, 9.17) is 10.5 Å². The molecule has 0 aliphatic rings. The van der Waals surface area contributed by atoms with E-state index < -0.39 is 0 Å². The number of carbonyl (C=O) groups excluding carboxylic acids is 1. The number of anilines is 3. The molecule has 0 heterocycles. The van der Waals surface area contributed by atoms with Crippen LogP contribution in [-0.4, -0.2) is 19.6 Å². The van der Waals surface area contributed by atoms with Crippen LogP contribution < -0.4 is 10.6 Å². The van der Waals surface area contributed by atoms with Gasteiger partial charge in [0.1, 0.15) is 0 Å². The number of rotatable bonds is 4. The third-order valence-electron chi connectivity index (χ3n) is 3.46. The molecule has 0 atom stereocenters. The molecule has 4 nitrogen and oxygen atoms in total. The minimum Gasteiger partial charge on any atom is -0.465 e. The van der Waals surface area contributed by atoms with Crippen molar-refractivity contribution in [1.82, 2.24) is 0 Å². The Balaban J connectivity index is 2.44. The smallest absolute Gasteiger partial charge is 0.337 e. The number of hydrogen-bond donors (Lipinski definition) is 1. The topological polar surface area (TPSA) is 55.6 Å². The van der Waals surface area contributed by atoms with Crippen molar-refractivity contribution in [3.63, 3.8) is 0 Å². The molecule has 0 amide bonds. The normalized spacial score (nSPS) is 10.2. The highest BCUT2D eigenvalue weighted by molar-refractivity contribution is 5.92. The molecule has 0 spiro atoms. The van der Waals surface area contributed by atoms with Gasteiger partial charge in [-0.05, 0) is 43.7 Å². The molecule has 2 N–H and O–H groups in total. The molecular formula is C17H20N2O2. The number of carbonyl (C=O) groups is 1. The van der Waals surface area contributed by atoms with Crippen LogP contribution in [0.2, 0.25) is 0 Å². The van der Waals surface area contributed by atoms with E-state index in [1.54, 1.807) is 12.1 Å². The molecule has 2 aromatic rings. The first-order valence-corrected chi connectivity index (χ1v) is 6.89. The predicted molar refractivity (Wildman–Crippen MR) is 86.1 cm³/mol. The van der Waals surface area contributed by atoms with Crippen molar-refractivity contribution < 1.29 is 9.53 Å². The van der Waals surface area contributed by atoms with Crippen molar-refractivity contribution in [2.45, 2.75) is 13.8 Å². The third-order valence-corrected chi connectivity index (χ3v) is 3.46. The highest BCUT2D eigenvalue weighted by Gasteiger charge is 2.14. The van der Waals surface area contributed by atoms with Crippen molar-refractivity contribution in [2.75, 3.05) is 24.3 Å². The molecule has 4 heteroatoms. The molecule has 0 radical (unpaired) electrons. The molecule has 2 rings (SSSR count). The lowest BCUT2D eigenvalue weighted by molar-refractivity contribution is 0.0601. The first kappa shape index (κ1) is 14.9. The van der Waals surface area contributed by atoms with Gasteiger partial charge < -0.3 is 15.4 Å². The Kier molecular flexibility index (Phi) is 4.48. The number of hydrogen-bond acceptors (Lipinski definition) is 4. The summed E-state index contributed by atoms with van der Waals surface area (Å²) in [5.74, 6) is -0.382. The van der Waals surface area contributed by atoms with Crippen LogP contribution >= 0.6 is 0 Å². The molecule has 0 bridgehead atoms. The number of ether oxygens (including phenoxy) is 1. The Labute approximate surface area is 125 Å². The van der Waals surface area contributed by atoms with Crippen LogP contribution in [0.4, 0.5) is 17.1 Å². The lowest BCUT2D eigenvalue weighted by atomic mass is 10.1. The zero-order chi connectivity index (χ0) is 15.4. The first-order chi connectivity index (χ1) is 10.1. The summed E-state index contributed by atoms with van der Waals surface area (Å²) in [6, 6.07) is 13.4. The maximum Gasteiger partial charge on any atom is 0.337 e. The maximum atomic E-state index is 11.5. The Hall–Kier alpha value is -2.49. The number of aryl methyl sites for hydroxylation is 1. The van der Waals surface area contributed by atoms with Gasteiger partial charge in [-0.2, -0.15) is 0 Å². The van der Waals surface area contributed by atoms with Gasteiger partial charge in [0.05, 0.1) is 24.0 Å². The van der Waals surface area contributed by atoms with Gasteiger partial charge in [0, 0.05) is 12.2 Å². The van der Waals surface area contributed by atoms with Crippen LogP contribution in [0.3, 0.4) is 0 Å². The van der Waals surface area contributed by atoms with E-state index in [1.165, 1.54) is 12.7 Å². The summed E-state index contributed by atoms with van der Waals surface area (Å²) < 4.78 is 4.71. The summed E-state index contributed by atoms with van der Waals surface area (Å²) in [7, 11) is 1.36. The van der Waals surface area contributed by atoms with Crippen molar-refractivity contribution in [1.29, 1.82) is 0 Å². The van der Waals surface area contributed by atoms with Gasteiger partial charge in [0.25, 0.3) is 0 Å². The second-order valence-corrected chi connectivity index (χ2v) is 4.80. The fraction of sp³-hybridized carbons (Fsp3) is 0.235. The second-order valence-electron chi connectivity index (χ2n) is 4.80. The Morgan fingerprint density at radius 1 is 1.19 bits per heavy atom. The monoisotopic (exact) mass is 284 g/mol. The Morgan fingerprint density at radius 3 is 2.48 bits per heavy atom. The fourth-order valence-corrected chi connectivity index (χ4v) is 2.38. The van der Waals surface area contributed by atoms with Gasteiger partial charge in [0.15, 0.2) is 0 Å². The van der Waals surface area contributed by atoms with Crippen molar-refractivity contribution in [3.8, 4) is 0 Å². The summed E-state index contributed by atoms with van der Waals surface area (Å²) in [4.78, 5) is 13.7. The average Bonchev–Trinajstić information content (AvgIpc) is 2.50. The zero-order valence-electron chi connectivity index (χ0n) is 12.6. The minimum atomic E-state index is -0.382. The number of para-hydroxylation sites is 1. The third kappa shape index (κ3) is 2.99. The largest absolute Gasteiger partial charge is 0.465 e. The average molecular weight is 284 g/mol. The molecule has 21 heavy (non-hydrogen) atoms. The van der Waals surface area contributed by atoms with E-state index >= 15 is 0 Å². The Morgan fingerprint density at radius 2 is 1.90 bits per heavy atom. The molecule has 0 aliphatic carbocycles. The van der Waals surface area contributed by atoms with Crippen molar-refractivity contribution >= 4 is 23.0 Å².